The highest BCUT2D eigenvalue weighted by Crippen LogP contribution is 2.28. The van der Waals surface area contributed by atoms with Crippen LogP contribution in [0.3, 0.4) is 0 Å². The molecule has 0 aromatic heterocycles. The van der Waals surface area contributed by atoms with Gasteiger partial charge in [0, 0.05) is 0 Å². The molecular weight excluding hydrogens is 335 g/mol. The van der Waals surface area contributed by atoms with E-state index in [1.165, 1.54) is 24.3 Å². The molecule has 1 fully saturated rings. The van der Waals surface area contributed by atoms with Crippen LogP contribution >= 0.6 is 0 Å². The van der Waals surface area contributed by atoms with Crippen molar-refractivity contribution in [2.45, 2.75) is 25.3 Å². The largest absolute Gasteiger partial charge is 0.573 e. The summed E-state index contributed by atoms with van der Waals surface area (Å²) in [7, 11) is 0. The molecule has 1 heterocycles. The molecule has 0 bridgehead atoms. The molecule has 0 spiro atoms. The van der Waals surface area contributed by atoms with Crippen LogP contribution in [0.5, 0.6) is 23.0 Å². The van der Waals surface area contributed by atoms with Crippen LogP contribution in [-0.4, -0.2) is 25.6 Å². The van der Waals surface area contributed by atoms with E-state index >= 15 is 0 Å². The fourth-order valence-corrected chi connectivity index (χ4v) is 2.54. The molecule has 1 aliphatic rings. The Hall–Kier alpha value is -2.41. The first-order valence-corrected chi connectivity index (χ1v) is 7.99. The second-order valence-electron chi connectivity index (χ2n) is 5.66. The summed E-state index contributed by atoms with van der Waals surface area (Å²) in [6.07, 6.45) is -2.53. The Bertz CT molecular complexity index is 665. The van der Waals surface area contributed by atoms with Crippen molar-refractivity contribution in [1.29, 1.82) is 0 Å². The van der Waals surface area contributed by atoms with Crippen LogP contribution in [0.15, 0.2) is 48.5 Å². The van der Waals surface area contributed by atoms with Gasteiger partial charge in [-0.15, -0.1) is 13.2 Å². The van der Waals surface area contributed by atoms with Crippen molar-refractivity contribution in [3.05, 3.63) is 48.5 Å². The zero-order valence-electron chi connectivity index (χ0n) is 13.4. The van der Waals surface area contributed by atoms with E-state index in [2.05, 4.69) is 10.1 Å². The van der Waals surface area contributed by atoms with Crippen LogP contribution in [0.1, 0.15) is 12.8 Å². The van der Waals surface area contributed by atoms with Crippen LogP contribution in [0.25, 0.3) is 0 Å². The van der Waals surface area contributed by atoms with E-state index in [4.69, 9.17) is 9.47 Å². The number of piperidine rings is 1. The lowest BCUT2D eigenvalue weighted by atomic mass is 10.1. The number of hydrogen-bond donors (Lipinski definition) is 1. The Labute approximate surface area is 143 Å². The van der Waals surface area contributed by atoms with Crippen LogP contribution in [0.4, 0.5) is 13.2 Å². The molecule has 134 valence electrons. The minimum atomic E-state index is -4.70. The summed E-state index contributed by atoms with van der Waals surface area (Å²) in [5.41, 5.74) is 0. The fraction of sp³-hybridized carbons (Fsp3) is 0.333. The van der Waals surface area contributed by atoms with Crippen LogP contribution in [-0.2, 0) is 0 Å². The molecule has 0 saturated carbocycles. The molecule has 1 saturated heterocycles. The molecule has 25 heavy (non-hydrogen) atoms. The average Bonchev–Trinajstić information content (AvgIpc) is 2.58. The van der Waals surface area contributed by atoms with Gasteiger partial charge in [0.2, 0.25) is 0 Å². The molecule has 1 aliphatic heterocycles. The van der Waals surface area contributed by atoms with Gasteiger partial charge in [-0.25, -0.2) is 0 Å². The van der Waals surface area contributed by atoms with E-state index in [1.54, 1.807) is 12.1 Å². The van der Waals surface area contributed by atoms with E-state index < -0.39 is 6.36 Å². The number of alkyl halides is 3. The lowest BCUT2D eigenvalue weighted by Gasteiger charge is -2.23. The Balaban J connectivity index is 1.55. The fourth-order valence-electron chi connectivity index (χ4n) is 2.54. The summed E-state index contributed by atoms with van der Waals surface area (Å²) in [4.78, 5) is 0. The highest BCUT2D eigenvalue weighted by molar-refractivity contribution is 5.37. The highest BCUT2D eigenvalue weighted by Gasteiger charge is 2.30. The predicted molar refractivity (Wildman–Crippen MR) is 86.2 cm³/mol. The highest BCUT2D eigenvalue weighted by atomic mass is 19.4. The number of nitrogens with one attached hydrogen (secondary N) is 1. The second-order valence-corrected chi connectivity index (χ2v) is 5.66. The van der Waals surface area contributed by atoms with Crippen LogP contribution < -0.4 is 19.5 Å². The van der Waals surface area contributed by atoms with E-state index in [-0.39, 0.29) is 11.9 Å². The number of ether oxygens (including phenoxy) is 3. The summed E-state index contributed by atoms with van der Waals surface area (Å²) in [5, 5.41) is 3.28. The van der Waals surface area contributed by atoms with Crippen molar-refractivity contribution in [1.82, 2.24) is 5.32 Å². The standard InChI is InChI=1S/C18H18F3NO3/c19-18(20,21)25-17-7-5-15(6-8-17)23-13-1-3-14(4-2-13)24-16-9-11-22-12-10-16/h1-8,16,22H,9-12H2. The van der Waals surface area contributed by atoms with Gasteiger partial charge in [-0.3, -0.25) is 0 Å². The van der Waals surface area contributed by atoms with E-state index in [0.29, 0.717) is 11.5 Å². The third-order valence-corrected chi connectivity index (χ3v) is 3.71. The number of halogens is 3. The van der Waals surface area contributed by atoms with Crippen molar-refractivity contribution < 1.29 is 27.4 Å². The molecule has 7 heteroatoms. The van der Waals surface area contributed by atoms with Gasteiger partial charge in [-0.1, -0.05) is 0 Å². The molecule has 1 N–H and O–H groups in total. The summed E-state index contributed by atoms with van der Waals surface area (Å²) < 4.78 is 51.7. The maximum Gasteiger partial charge on any atom is 0.573 e. The van der Waals surface area contributed by atoms with Crippen molar-refractivity contribution >= 4 is 0 Å². The number of benzene rings is 2. The maximum atomic E-state index is 12.1. The van der Waals surface area contributed by atoms with E-state index in [9.17, 15) is 13.2 Å². The maximum absolute atomic E-state index is 12.1. The van der Waals surface area contributed by atoms with Gasteiger partial charge in [-0.2, -0.15) is 0 Å². The minimum absolute atomic E-state index is 0.217. The molecular formula is C18H18F3NO3. The monoisotopic (exact) mass is 353 g/mol. The van der Waals surface area contributed by atoms with Gasteiger partial charge >= 0.3 is 6.36 Å². The van der Waals surface area contributed by atoms with Gasteiger partial charge in [-0.05, 0) is 74.5 Å². The smallest absolute Gasteiger partial charge is 0.490 e. The Morgan fingerprint density at radius 2 is 1.24 bits per heavy atom. The normalized spacial score (nSPS) is 15.6. The topological polar surface area (TPSA) is 39.7 Å². The zero-order valence-corrected chi connectivity index (χ0v) is 13.4. The van der Waals surface area contributed by atoms with Gasteiger partial charge < -0.3 is 19.5 Å². The van der Waals surface area contributed by atoms with Gasteiger partial charge in [0.25, 0.3) is 0 Å². The van der Waals surface area contributed by atoms with E-state index in [0.717, 1.165) is 31.7 Å². The first-order valence-electron chi connectivity index (χ1n) is 7.99. The molecule has 0 amide bonds. The van der Waals surface area contributed by atoms with Crippen molar-refractivity contribution in [2.75, 3.05) is 13.1 Å². The summed E-state index contributed by atoms with van der Waals surface area (Å²) in [6.45, 7) is 1.92. The lowest BCUT2D eigenvalue weighted by Crippen LogP contribution is -2.34. The molecule has 4 nitrogen and oxygen atoms in total. The van der Waals surface area contributed by atoms with Crippen molar-refractivity contribution in [2.24, 2.45) is 0 Å². The van der Waals surface area contributed by atoms with Crippen molar-refractivity contribution in [3.63, 3.8) is 0 Å². The molecule has 3 rings (SSSR count). The predicted octanol–water partition coefficient (Wildman–Crippen LogP) is 4.51. The Morgan fingerprint density at radius 1 is 0.760 bits per heavy atom. The van der Waals surface area contributed by atoms with Crippen LogP contribution in [0.2, 0.25) is 0 Å². The zero-order chi connectivity index (χ0) is 17.7. The molecule has 0 radical (unpaired) electrons. The summed E-state index contributed by atoms with van der Waals surface area (Å²) >= 11 is 0. The Morgan fingerprint density at radius 3 is 1.76 bits per heavy atom. The average molecular weight is 353 g/mol. The first-order chi connectivity index (χ1) is 12.0. The van der Waals surface area contributed by atoms with Gasteiger partial charge in [0.1, 0.15) is 29.1 Å². The third kappa shape index (κ3) is 5.56. The lowest BCUT2D eigenvalue weighted by molar-refractivity contribution is -0.274. The molecule has 0 atom stereocenters. The van der Waals surface area contributed by atoms with Gasteiger partial charge in [0.05, 0.1) is 0 Å². The molecule has 0 aliphatic carbocycles. The Kier molecular flexibility index (Phi) is 5.33. The SMILES string of the molecule is FC(F)(F)Oc1ccc(Oc2ccc(OC3CCNCC3)cc2)cc1. The summed E-state index contributed by atoms with van der Waals surface area (Å²) in [5.74, 6) is 1.47. The minimum Gasteiger partial charge on any atom is -0.490 e. The summed E-state index contributed by atoms with van der Waals surface area (Å²) in [6, 6.07) is 12.4. The van der Waals surface area contributed by atoms with Crippen LogP contribution in [0, 0.1) is 0 Å². The third-order valence-electron chi connectivity index (χ3n) is 3.71. The quantitative estimate of drug-likeness (QED) is 0.859. The van der Waals surface area contributed by atoms with Crippen molar-refractivity contribution in [3.8, 4) is 23.0 Å². The first kappa shape index (κ1) is 17.4. The van der Waals surface area contributed by atoms with Gasteiger partial charge in [0.15, 0.2) is 0 Å². The molecule has 0 unspecified atom stereocenters. The number of hydrogen-bond acceptors (Lipinski definition) is 4. The van der Waals surface area contributed by atoms with E-state index in [1.807, 2.05) is 12.1 Å². The number of rotatable bonds is 5. The molecule has 2 aromatic rings. The second kappa shape index (κ2) is 7.65. The molecule has 2 aromatic carbocycles.